The van der Waals surface area contributed by atoms with Crippen molar-refractivity contribution in [3.8, 4) is 0 Å². The number of hydrogen-bond donors (Lipinski definition) is 1. The minimum absolute atomic E-state index is 0.0352. The molecule has 0 aromatic carbocycles. The lowest BCUT2D eigenvalue weighted by Crippen LogP contribution is -2.00. The Labute approximate surface area is 71.4 Å². The summed E-state index contributed by atoms with van der Waals surface area (Å²) < 4.78 is 12.5. The zero-order valence-electron chi connectivity index (χ0n) is 7.25. The van der Waals surface area contributed by atoms with Crippen LogP contribution >= 0.6 is 0 Å². The van der Waals surface area contributed by atoms with E-state index >= 15 is 0 Å². The van der Waals surface area contributed by atoms with Crippen molar-refractivity contribution in [3.05, 3.63) is 24.1 Å². The van der Waals surface area contributed by atoms with Crippen molar-refractivity contribution in [2.45, 2.75) is 20.3 Å². The predicted molar refractivity (Wildman–Crippen MR) is 45.4 cm³/mol. The first-order valence-corrected chi connectivity index (χ1v) is 3.78. The molecule has 0 aliphatic rings. The number of allylic oxidation sites excluding steroid dienone is 4. The van der Waals surface area contributed by atoms with Crippen LogP contribution in [0, 0.1) is 5.92 Å². The van der Waals surface area contributed by atoms with Crippen LogP contribution in [0.15, 0.2) is 24.1 Å². The number of hydrogen-bond acceptors (Lipinski definition) is 1. The average molecular weight is 172 g/mol. The maximum atomic E-state index is 12.5. The van der Waals surface area contributed by atoms with Crippen LogP contribution in [0.3, 0.4) is 0 Å². The third-order valence-corrected chi connectivity index (χ3v) is 1.36. The quantitative estimate of drug-likeness (QED) is 0.661. The van der Waals surface area contributed by atoms with E-state index in [2.05, 4.69) is 0 Å². The Morgan fingerprint density at radius 2 is 2.25 bits per heavy atom. The van der Waals surface area contributed by atoms with E-state index in [9.17, 15) is 9.18 Å². The first kappa shape index (κ1) is 10.9. The lowest BCUT2D eigenvalue weighted by molar-refractivity contribution is -0.137. The summed E-state index contributed by atoms with van der Waals surface area (Å²) in [7, 11) is 0. The maximum Gasteiger partial charge on any atom is 0.303 e. The number of halogens is 1. The van der Waals surface area contributed by atoms with E-state index in [0.29, 0.717) is 0 Å². The average Bonchev–Trinajstić information content (AvgIpc) is 1.99. The number of carbonyl (C=O) groups is 1. The summed E-state index contributed by atoms with van der Waals surface area (Å²) in [6, 6.07) is 0. The van der Waals surface area contributed by atoms with E-state index in [1.54, 1.807) is 19.9 Å². The van der Waals surface area contributed by atoms with Gasteiger partial charge in [0.1, 0.15) is 5.83 Å². The molecule has 0 saturated heterocycles. The summed E-state index contributed by atoms with van der Waals surface area (Å²) in [6.45, 7) is 3.31. The van der Waals surface area contributed by atoms with Crippen molar-refractivity contribution >= 4 is 5.97 Å². The van der Waals surface area contributed by atoms with Gasteiger partial charge in [-0.15, -0.1) is 0 Å². The summed E-state index contributed by atoms with van der Waals surface area (Å²) in [6.07, 6.45) is 4.19. The third-order valence-electron chi connectivity index (χ3n) is 1.36. The molecule has 1 unspecified atom stereocenters. The highest BCUT2D eigenvalue weighted by Gasteiger charge is 2.02. The van der Waals surface area contributed by atoms with Crippen molar-refractivity contribution in [2.24, 2.45) is 5.92 Å². The predicted octanol–water partition coefficient (Wildman–Crippen LogP) is 2.53. The molecular formula is C9H13FO2. The van der Waals surface area contributed by atoms with Crippen LogP contribution in [-0.4, -0.2) is 11.1 Å². The van der Waals surface area contributed by atoms with E-state index in [-0.39, 0.29) is 18.2 Å². The Morgan fingerprint density at radius 1 is 1.67 bits per heavy atom. The highest BCUT2D eigenvalue weighted by Crippen LogP contribution is 2.06. The normalized spacial score (nSPS) is 15.1. The minimum atomic E-state index is -0.868. The molecule has 12 heavy (non-hydrogen) atoms. The molecule has 0 aliphatic carbocycles. The van der Waals surface area contributed by atoms with E-state index < -0.39 is 5.97 Å². The molecule has 0 heterocycles. The standard InChI is InChI=1S/C9H13FO2/c1-3-8(10)5-4-7(2)6-9(11)12/h3-5,7H,6H2,1-2H3,(H,11,12)/b5-4-,8-3+. The Hall–Kier alpha value is -1.12. The van der Waals surface area contributed by atoms with Gasteiger partial charge in [-0.05, 0) is 18.9 Å². The van der Waals surface area contributed by atoms with Gasteiger partial charge in [-0.25, -0.2) is 4.39 Å². The largest absolute Gasteiger partial charge is 0.481 e. The molecule has 0 radical (unpaired) electrons. The lowest BCUT2D eigenvalue weighted by Gasteiger charge is -1.99. The molecule has 0 saturated carbocycles. The molecule has 68 valence electrons. The van der Waals surface area contributed by atoms with Gasteiger partial charge in [-0.3, -0.25) is 4.79 Å². The van der Waals surface area contributed by atoms with Crippen molar-refractivity contribution in [1.82, 2.24) is 0 Å². The summed E-state index contributed by atoms with van der Waals surface area (Å²) in [5, 5.41) is 8.36. The van der Waals surface area contributed by atoms with Gasteiger partial charge < -0.3 is 5.11 Å². The topological polar surface area (TPSA) is 37.3 Å². The molecule has 0 aromatic heterocycles. The Morgan fingerprint density at radius 3 is 2.67 bits per heavy atom. The molecule has 0 rings (SSSR count). The zero-order chi connectivity index (χ0) is 9.56. The number of rotatable bonds is 4. The first-order valence-electron chi connectivity index (χ1n) is 3.78. The second-order valence-electron chi connectivity index (χ2n) is 2.61. The molecule has 0 spiro atoms. The van der Waals surface area contributed by atoms with Crippen LogP contribution in [0.25, 0.3) is 0 Å². The molecular weight excluding hydrogens is 159 g/mol. The van der Waals surface area contributed by atoms with Gasteiger partial charge in [-0.1, -0.05) is 19.1 Å². The number of carboxylic acids is 1. The van der Waals surface area contributed by atoms with Gasteiger partial charge in [-0.2, -0.15) is 0 Å². The second-order valence-corrected chi connectivity index (χ2v) is 2.61. The van der Waals surface area contributed by atoms with E-state index in [4.69, 9.17) is 5.11 Å². The van der Waals surface area contributed by atoms with Crippen molar-refractivity contribution < 1.29 is 14.3 Å². The Balaban J connectivity index is 3.91. The fourth-order valence-corrected chi connectivity index (χ4v) is 0.696. The van der Waals surface area contributed by atoms with Gasteiger partial charge >= 0.3 is 5.97 Å². The molecule has 1 atom stereocenters. The van der Waals surface area contributed by atoms with Gasteiger partial charge in [0.05, 0.1) is 6.42 Å². The summed E-state index contributed by atoms with van der Waals surface area (Å²) in [4.78, 5) is 10.2. The highest BCUT2D eigenvalue weighted by atomic mass is 19.1. The molecule has 0 aromatic rings. The minimum Gasteiger partial charge on any atom is -0.481 e. The van der Waals surface area contributed by atoms with E-state index in [0.717, 1.165) is 0 Å². The van der Waals surface area contributed by atoms with Gasteiger partial charge in [0.2, 0.25) is 0 Å². The van der Waals surface area contributed by atoms with Crippen LogP contribution in [0.5, 0.6) is 0 Å². The van der Waals surface area contributed by atoms with Gasteiger partial charge in [0.25, 0.3) is 0 Å². The molecule has 3 heteroatoms. The highest BCUT2D eigenvalue weighted by molar-refractivity contribution is 5.67. The maximum absolute atomic E-state index is 12.5. The summed E-state index contributed by atoms with van der Waals surface area (Å²) in [5.74, 6) is -1.34. The first-order chi connectivity index (χ1) is 5.56. The molecule has 2 nitrogen and oxygen atoms in total. The SMILES string of the molecule is C/C=C(F)\C=C/C(C)CC(=O)O. The lowest BCUT2D eigenvalue weighted by atomic mass is 10.1. The van der Waals surface area contributed by atoms with Crippen molar-refractivity contribution in [3.63, 3.8) is 0 Å². The Kier molecular flexibility index (Phi) is 5.00. The van der Waals surface area contributed by atoms with E-state index in [1.807, 2.05) is 0 Å². The molecule has 0 amide bonds. The van der Waals surface area contributed by atoms with Crippen LogP contribution in [-0.2, 0) is 4.79 Å². The number of carboxylic acid groups (broad SMARTS) is 1. The van der Waals surface area contributed by atoms with Crippen molar-refractivity contribution in [2.75, 3.05) is 0 Å². The van der Waals surface area contributed by atoms with Crippen LogP contribution in [0.4, 0.5) is 4.39 Å². The fraction of sp³-hybridized carbons (Fsp3) is 0.444. The number of aliphatic carboxylic acids is 1. The molecule has 0 aliphatic heterocycles. The summed E-state index contributed by atoms with van der Waals surface area (Å²) in [5.41, 5.74) is 0. The van der Waals surface area contributed by atoms with Crippen LogP contribution in [0.2, 0.25) is 0 Å². The Bertz CT molecular complexity index is 207. The van der Waals surface area contributed by atoms with Crippen LogP contribution in [0.1, 0.15) is 20.3 Å². The molecule has 0 fully saturated rings. The fourth-order valence-electron chi connectivity index (χ4n) is 0.696. The molecule has 0 bridgehead atoms. The third kappa shape index (κ3) is 5.65. The monoisotopic (exact) mass is 172 g/mol. The van der Waals surface area contributed by atoms with Crippen LogP contribution < -0.4 is 0 Å². The smallest absolute Gasteiger partial charge is 0.303 e. The zero-order valence-corrected chi connectivity index (χ0v) is 7.25. The summed E-state index contributed by atoms with van der Waals surface area (Å²) >= 11 is 0. The second kappa shape index (κ2) is 5.52. The van der Waals surface area contributed by atoms with Gasteiger partial charge in [0.15, 0.2) is 0 Å². The van der Waals surface area contributed by atoms with Gasteiger partial charge in [0, 0.05) is 0 Å². The molecule has 1 N–H and O–H groups in total. The van der Waals surface area contributed by atoms with Crippen molar-refractivity contribution in [1.29, 1.82) is 0 Å². The van der Waals surface area contributed by atoms with E-state index in [1.165, 1.54) is 12.2 Å².